The minimum atomic E-state index is 0.179. The first-order valence-corrected chi connectivity index (χ1v) is 10.6. The zero-order chi connectivity index (χ0) is 19.2. The summed E-state index contributed by atoms with van der Waals surface area (Å²) in [6.07, 6.45) is 3.10. The number of anilines is 1. The van der Waals surface area contributed by atoms with Crippen molar-refractivity contribution in [3.05, 3.63) is 66.2 Å². The standard InChI is InChI=1S/C24H31N3O/c28-24(22-12-14-26(15-13-22)18-20-7-3-1-4-8-20)25-17-21-11-16-27(19-21)23-9-5-2-6-10-23/h1-10,21-22H,11-19H2,(H,25,28). The third kappa shape index (κ3) is 4.93. The summed E-state index contributed by atoms with van der Waals surface area (Å²) in [5.41, 5.74) is 2.65. The molecule has 1 atom stereocenters. The van der Waals surface area contributed by atoms with E-state index in [-0.39, 0.29) is 11.8 Å². The van der Waals surface area contributed by atoms with Crippen LogP contribution in [0.5, 0.6) is 0 Å². The van der Waals surface area contributed by atoms with Crippen LogP contribution in [0.3, 0.4) is 0 Å². The second kappa shape index (κ2) is 9.24. The van der Waals surface area contributed by atoms with Gasteiger partial charge in [-0.3, -0.25) is 9.69 Å². The van der Waals surface area contributed by atoms with E-state index in [0.717, 1.165) is 58.5 Å². The molecule has 2 saturated heterocycles. The van der Waals surface area contributed by atoms with Gasteiger partial charge in [0.15, 0.2) is 0 Å². The molecule has 0 aromatic heterocycles. The van der Waals surface area contributed by atoms with Gasteiger partial charge in [0.05, 0.1) is 0 Å². The zero-order valence-corrected chi connectivity index (χ0v) is 16.6. The van der Waals surface area contributed by atoms with Crippen molar-refractivity contribution in [2.24, 2.45) is 11.8 Å². The van der Waals surface area contributed by atoms with Crippen LogP contribution in [-0.4, -0.2) is 43.5 Å². The fourth-order valence-electron chi connectivity index (χ4n) is 4.46. The molecule has 2 aliphatic heterocycles. The SMILES string of the molecule is O=C(NCC1CCN(c2ccccc2)C1)C1CCN(Cc2ccccc2)CC1. The van der Waals surface area contributed by atoms with Gasteiger partial charge in [0.25, 0.3) is 0 Å². The highest BCUT2D eigenvalue weighted by Crippen LogP contribution is 2.24. The van der Waals surface area contributed by atoms with Gasteiger partial charge in [-0.25, -0.2) is 0 Å². The maximum Gasteiger partial charge on any atom is 0.223 e. The highest BCUT2D eigenvalue weighted by atomic mass is 16.1. The molecule has 0 bridgehead atoms. The summed E-state index contributed by atoms with van der Waals surface area (Å²) in [6, 6.07) is 21.2. The van der Waals surface area contributed by atoms with Crippen molar-refractivity contribution in [3.8, 4) is 0 Å². The highest BCUT2D eigenvalue weighted by molar-refractivity contribution is 5.78. The lowest BCUT2D eigenvalue weighted by atomic mass is 9.95. The zero-order valence-electron chi connectivity index (χ0n) is 16.6. The van der Waals surface area contributed by atoms with Crippen molar-refractivity contribution in [3.63, 3.8) is 0 Å². The van der Waals surface area contributed by atoms with Crippen LogP contribution in [0.15, 0.2) is 60.7 Å². The fourth-order valence-corrected chi connectivity index (χ4v) is 4.46. The Morgan fingerprint density at radius 2 is 1.57 bits per heavy atom. The van der Waals surface area contributed by atoms with E-state index >= 15 is 0 Å². The van der Waals surface area contributed by atoms with E-state index in [1.807, 2.05) is 0 Å². The average molecular weight is 378 g/mol. The third-order valence-corrected chi connectivity index (χ3v) is 6.18. The number of hydrogen-bond donors (Lipinski definition) is 1. The number of piperidine rings is 1. The normalized spacial score (nSPS) is 21.0. The summed E-state index contributed by atoms with van der Waals surface area (Å²) in [5.74, 6) is 0.999. The molecule has 0 spiro atoms. The molecule has 0 saturated carbocycles. The second-order valence-corrected chi connectivity index (χ2v) is 8.22. The first kappa shape index (κ1) is 19.0. The summed E-state index contributed by atoms with van der Waals surface area (Å²) in [5, 5.41) is 3.25. The summed E-state index contributed by atoms with van der Waals surface area (Å²) in [4.78, 5) is 17.5. The van der Waals surface area contributed by atoms with Crippen molar-refractivity contribution in [1.82, 2.24) is 10.2 Å². The third-order valence-electron chi connectivity index (χ3n) is 6.18. The Morgan fingerprint density at radius 1 is 0.893 bits per heavy atom. The number of para-hydroxylation sites is 1. The van der Waals surface area contributed by atoms with E-state index in [1.165, 1.54) is 11.3 Å². The smallest absolute Gasteiger partial charge is 0.223 e. The highest BCUT2D eigenvalue weighted by Gasteiger charge is 2.27. The minimum absolute atomic E-state index is 0.179. The molecule has 1 amide bonds. The van der Waals surface area contributed by atoms with Gasteiger partial charge in [0.2, 0.25) is 5.91 Å². The lowest BCUT2D eigenvalue weighted by molar-refractivity contribution is -0.126. The summed E-state index contributed by atoms with van der Waals surface area (Å²) < 4.78 is 0. The molecular weight excluding hydrogens is 346 g/mol. The number of carbonyl (C=O) groups is 1. The number of benzene rings is 2. The monoisotopic (exact) mass is 377 g/mol. The van der Waals surface area contributed by atoms with Crippen LogP contribution in [-0.2, 0) is 11.3 Å². The Labute approximate surface area is 168 Å². The van der Waals surface area contributed by atoms with Crippen molar-refractivity contribution in [2.75, 3.05) is 37.6 Å². The van der Waals surface area contributed by atoms with E-state index in [0.29, 0.717) is 5.92 Å². The predicted molar refractivity (Wildman–Crippen MR) is 114 cm³/mol. The van der Waals surface area contributed by atoms with Crippen LogP contribution in [0.25, 0.3) is 0 Å². The number of hydrogen-bond acceptors (Lipinski definition) is 3. The molecule has 2 fully saturated rings. The van der Waals surface area contributed by atoms with E-state index < -0.39 is 0 Å². The van der Waals surface area contributed by atoms with Crippen molar-refractivity contribution in [2.45, 2.75) is 25.8 Å². The molecule has 1 N–H and O–H groups in total. The first-order valence-electron chi connectivity index (χ1n) is 10.6. The van der Waals surface area contributed by atoms with Gasteiger partial charge in [-0.15, -0.1) is 0 Å². The first-order chi connectivity index (χ1) is 13.8. The van der Waals surface area contributed by atoms with Crippen LogP contribution in [0, 0.1) is 11.8 Å². The Kier molecular flexibility index (Phi) is 6.27. The summed E-state index contributed by atoms with van der Waals surface area (Å²) in [6.45, 7) is 5.96. The number of rotatable bonds is 6. The van der Waals surface area contributed by atoms with Crippen molar-refractivity contribution < 1.29 is 4.79 Å². The maximum absolute atomic E-state index is 12.6. The molecule has 1 unspecified atom stereocenters. The van der Waals surface area contributed by atoms with E-state index in [9.17, 15) is 4.79 Å². The number of carbonyl (C=O) groups excluding carboxylic acids is 1. The van der Waals surface area contributed by atoms with E-state index in [4.69, 9.17) is 0 Å². The Hall–Kier alpha value is -2.33. The van der Waals surface area contributed by atoms with Crippen LogP contribution in [0.4, 0.5) is 5.69 Å². The van der Waals surface area contributed by atoms with Gasteiger partial charge < -0.3 is 10.2 Å². The Bertz CT molecular complexity index is 741. The van der Waals surface area contributed by atoms with Gasteiger partial charge in [-0.1, -0.05) is 48.5 Å². The molecule has 148 valence electrons. The molecular formula is C24H31N3O. The number of likely N-dealkylation sites (tertiary alicyclic amines) is 1. The lowest BCUT2D eigenvalue weighted by Gasteiger charge is -2.31. The van der Waals surface area contributed by atoms with Crippen LogP contribution in [0.1, 0.15) is 24.8 Å². The summed E-state index contributed by atoms with van der Waals surface area (Å²) in [7, 11) is 0. The number of nitrogens with one attached hydrogen (secondary N) is 1. The van der Waals surface area contributed by atoms with Gasteiger partial charge in [-0.05, 0) is 56.0 Å². The summed E-state index contributed by atoms with van der Waals surface area (Å²) >= 11 is 0. The maximum atomic E-state index is 12.6. The Morgan fingerprint density at radius 3 is 2.29 bits per heavy atom. The molecule has 2 heterocycles. The molecule has 0 aliphatic carbocycles. The fraction of sp³-hybridized carbons (Fsp3) is 0.458. The molecule has 2 aliphatic rings. The van der Waals surface area contributed by atoms with Gasteiger partial charge in [0.1, 0.15) is 0 Å². The average Bonchev–Trinajstić information content (AvgIpc) is 3.23. The van der Waals surface area contributed by atoms with Crippen molar-refractivity contribution >= 4 is 11.6 Å². The van der Waals surface area contributed by atoms with Gasteiger partial charge in [-0.2, -0.15) is 0 Å². The topological polar surface area (TPSA) is 35.6 Å². The number of nitrogens with zero attached hydrogens (tertiary/aromatic N) is 2. The predicted octanol–water partition coefficient (Wildman–Crippen LogP) is 3.54. The van der Waals surface area contributed by atoms with Crippen LogP contribution in [0.2, 0.25) is 0 Å². The molecule has 4 heteroatoms. The molecule has 28 heavy (non-hydrogen) atoms. The quantitative estimate of drug-likeness (QED) is 0.836. The molecule has 0 radical (unpaired) electrons. The molecule has 4 rings (SSSR count). The van der Waals surface area contributed by atoms with Gasteiger partial charge in [0, 0.05) is 37.8 Å². The lowest BCUT2D eigenvalue weighted by Crippen LogP contribution is -2.41. The van der Waals surface area contributed by atoms with Crippen molar-refractivity contribution in [1.29, 1.82) is 0 Å². The van der Waals surface area contributed by atoms with E-state index in [1.54, 1.807) is 0 Å². The number of amides is 1. The molecule has 2 aromatic carbocycles. The van der Waals surface area contributed by atoms with Gasteiger partial charge >= 0.3 is 0 Å². The van der Waals surface area contributed by atoms with Crippen LogP contribution >= 0.6 is 0 Å². The Balaban J connectivity index is 1.17. The molecule has 4 nitrogen and oxygen atoms in total. The van der Waals surface area contributed by atoms with E-state index in [2.05, 4.69) is 75.8 Å². The molecule has 2 aromatic rings. The van der Waals surface area contributed by atoms with Crippen LogP contribution < -0.4 is 10.2 Å². The second-order valence-electron chi connectivity index (χ2n) is 8.22. The largest absolute Gasteiger partial charge is 0.371 e. The minimum Gasteiger partial charge on any atom is -0.371 e.